The molecule has 18 heavy (non-hydrogen) atoms. The fourth-order valence-corrected chi connectivity index (χ4v) is 3.43. The lowest BCUT2D eigenvalue weighted by atomic mass is 9.82. The van der Waals surface area contributed by atoms with Crippen molar-refractivity contribution in [2.45, 2.75) is 69.9 Å². The fourth-order valence-electron chi connectivity index (χ4n) is 3.43. The Morgan fingerprint density at radius 1 is 1.22 bits per heavy atom. The van der Waals surface area contributed by atoms with E-state index in [2.05, 4.69) is 12.2 Å². The minimum Gasteiger partial charge on any atom is -0.388 e. The van der Waals surface area contributed by atoms with Crippen molar-refractivity contribution in [1.29, 1.82) is 0 Å². The van der Waals surface area contributed by atoms with Crippen LogP contribution in [0.1, 0.15) is 58.3 Å². The van der Waals surface area contributed by atoms with Gasteiger partial charge < -0.3 is 15.2 Å². The van der Waals surface area contributed by atoms with Crippen LogP contribution in [0, 0.1) is 5.92 Å². The van der Waals surface area contributed by atoms with Gasteiger partial charge in [0.2, 0.25) is 0 Å². The summed E-state index contributed by atoms with van der Waals surface area (Å²) in [6, 6.07) is 0.595. The molecule has 2 aliphatic rings. The maximum absolute atomic E-state index is 10.5. The van der Waals surface area contributed by atoms with Gasteiger partial charge >= 0.3 is 0 Å². The van der Waals surface area contributed by atoms with Crippen molar-refractivity contribution in [2.24, 2.45) is 5.92 Å². The van der Waals surface area contributed by atoms with Gasteiger partial charge in [0.25, 0.3) is 0 Å². The first-order valence-corrected chi connectivity index (χ1v) is 7.77. The number of nitrogens with one attached hydrogen (secondary N) is 1. The van der Waals surface area contributed by atoms with Crippen molar-refractivity contribution < 1.29 is 9.84 Å². The monoisotopic (exact) mass is 255 g/mol. The van der Waals surface area contributed by atoms with E-state index in [-0.39, 0.29) is 0 Å². The summed E-state index contributed by atoms with van der Waals surface area (Å²) in [6.07, 6.45) is 9.66. The predicted molar refractivity (Wildman–Crippen MR) is 73.7 cm³/mol. The zero-order valence-corrected chi connectivity index (χ0v) is 11.8. The molecule has 1 unspecified atom stereocenters. The number of rotatable bonds is 5. The third-order valence-corrected chi connectivity index (χ3v) is 4.78. The molecule has 1 atom stereocenters. The minimum absolute atomic E-state index is 0.527. The fraction of sp³-hybridized carbons (Fsp3) is 1.00. The Kier molecular flexibility index (Phi) is 5.46. The van der Waals surface area contributed by atoms with Crippen LogP contribution in [0.4, 0.5) is 0 Å². The number of ether oxygens (including phenoxy) is 1. The lowest BCUT2D eigenvalue weighted by Crippen LogP contribution is -2.49. The standard InChI is InChI=1S/C15H29NO2/c1-2-14(13-6-4-3-5-7-13)16-12-15(17)8-10-18-11-9-15/h13-14,16-17H,2-12H2,1H3. The summed E-state index contributed by atoms with van der Waals surface area (Å²) in [5, 5.41) is 14.1. The molecule has 1 heterocycles. The average Bonchev–Trinajstić information content (AvgIpc) is 2.41. The molecule has 2 N–H and O–H groups in total. The zero-order valence-electron chi connectivity index (χ0n) is 11.8. The third-order valence-electron chi connectivity index (χ3n) is 4.78. The molecule has 1 saturated heterocycles. The topological polar surface area (TPSA) is 41.5 Å². The molecule has 3 heteroatoms. The van der Waals surface area contributed by atoms with E-state index in [0.29, 0.717) is 19.3 Å². The van der Waals surface area contributed by atoms with Gasteiger partial charge in [0.1, 0.15) is 0 Å². The van der Waals surface area contributed by atoms with Gasteiger partial charge in [-0.25, -0.2) is 0 Å². The van der Waals surface area contributed by atoms with Crippen molar-refractivity contribution >= 4 is 0 Å². The minimum atomic E-state index is -0.527. The lowest BCUT2D eigenvalue weighted by Gasteiger charge is -2.36. The van der Waals surface area contributed by atoms with E-state index in [4.69, 9.17) is 4.74 Å². The van der Waals surface area contributed by atoms with E-state index < -0.39 is 5.60 Å². The SMILES string of the molecule is CCC(NCC1(O)CCOCC1)C1CCCCC1. The second-order valence-corrected chi connectivity index (χ2v) is 6.13. The molecule has 1 saturated carbocycles. The quantitative estimate of drug-likeness (QED) is 0.793. The van der Waals surface area contributed by atoms with Crippen LogP contribution < -0.4 is 5.32 Å². The van der Waals surface area contributed by atoms with Gasteiger partial charge in [0.15, 0.2) is 0 Å². The van der Waals surface area contributed by atoms with Crippen LogP contribution in [0.3, 0.4) is 0 Å². The van der Waals surface area contributed by atoms with Crippen molar-refractivity contribution in [3.05, 3.63) is 0 Å². The number of hydrogen-bond donors (Lipinski definition) is 2. The first kappa shape index (κ1) is 14.3. The summed E-state index contributed by atoms with van der Waals surface area (Å²) in [4.78, 5) is 0. The van der Waals surface area contributed by atoms with Crippen LogP contribution in [0.25, 0.3) is 0 Å². The molecular weight excluding hydrogens is 226 g/mol. The summed E-state index contributed by atoms with van der Waals surface area (Å²) in [6.45, 7) is 4.42. The maximum atomic E-state index is 10.5. The molecule has 0 aromatic rings. The number of hydrogen-bond acceptors (Lipinski definition) is 3. The van der Waals surface area contributed by atoms with Gasteiger partial charge in [-0.05, 0) is 25.2 Å². The smallest absolute Gasteiger partial charge is 0.0815 e. The third kappa shape index (κ3) is 3.94. The van der Waals surface area contributed by atoms with Crippen molar-refractivity contribution in [1.82, 2.24) is 5.32 Å². The normalized spacial score (nSPS) is 27.0. The highest BCUT2D eigenvalue weighted by Gasteiger charge is 2.31. The van der Waals surface area contributed by atoms with Crippen molar-refractivity contribution in [3.8, 4) is 0 Å². The van der Waals surface area contributed by atoms with Gasteiger partial charge in [-0.1, -0.05) is 26.2 Å². The maximum Gasteiger partial charge on any atom is 0.0815 e. The Morgan fingerprint density at radius 3 is 2.50 bits per heavy atom. The molecule has 0 bridgehead atoms. The number of aliphatic hydroxyl groups is 1. The summed E-state index contributed by atoms with van der Waals surface area (Å²) in [7, 11) is 0. The molecule has 1 aliphatic carbocycles. The van der Waals surface area contributed by atoms with Gasteiger partial charge in [-0.3, -0.25) is 0 Å². The van der Waals surface area contributed by atoms with E-state index in [9.17, 15) is 5.11 Å². The van der Waals surface area contributed by atoms with E-state index in [1.54, 1.807) is 0 Å². The summed E-state index contributed by atoms with van der Waals surface area (Å²) in [5.74, 6) is 0.826. The molecular formula is C15H29NO2. The molecule has 0 spiro atoms. The molecule has 2 fully saturated rings. The van der Waals surface area contributed by atoms with E-state index in [1.807, 2.05) is 0 Å². The lowest BCUT2D eigenvalue weighted by molar-refractivity contribution is -0.0638. The Morgan fingerprint density at radius 2 is 1.89 bits per heavy atom. The highest BCUT2D eigenvalue weighted by molar-refractivity contribution is 4.87. The molecule has 3 nitrogen and oxygen atoms in total. The predicted octanol–water partition coefficient (Wildman–Crippen LogP) is 2.48. The largest absolute Gasteiger partial charge is 0.388 e. The van der Waals surface area contributed by atoms with Gasteiger partial charge in [0.05, 0.1) is 5.60 Å². The highest BCUT2D eigenvalue weighted by Crippen LogP contribution is 2.28. The first-order chi connectivity index (χ1) is 8.73. The Bertz CT molecular complexity index is 233. The van der Waals surface area contributed by atoms with Crippen LogP contribution in [0.5, 0.6) is 0 Å². The Labute approximate surface area is 111 Å². The molecule has 2 rings (SSSR count). The van der Waals surface area contributed by atoms with Crippen LogP contribution in [0.2, 0.25) is 0 Å². The summed E-state index contributed by atoms with van der Waals surface area (Å²) >= 11 is 0. The van der Waals surface area contributed by atoms with Crippen molar-refractivity contribution in [2.75, 3.05) is 19.8 Å². The molecule has 106 valence electrons. The second kappa shape index (κ2) is 6.88. The molecule has 1 aliphatic heterocycles. The Hall–Kier alpha value is -0.120. The summed E-state index contributed by atoms with van der Waals surface area (Å²) < 4.78 is 5.33. The average molecular weight is 255 g/mol. The molecule has 0 aromatic carbocycles. The van der Waals surface area contributed by atoms with E-state index in [1.165, 1.54) is 38.5 Å². The molecule has 0 amide bonds. The molecule has 0 aromatic heterocycles. The summed E-state index contributed by atoms with van der Waals surface area (Å²) in [5.41, 5.74) is -0.527. The van der Waals surface area contributed by atoms with Crippen LogP contribution >= 0.6 is 0 Å². The van der Waals surface area contributed by atoms with Gasteiger partial charge in [0, 0.05) is 38.6 Å². The van der Waals surface area contributed by atoms with E-state index in [0.717, 1.165) is 25.3 Å². The van der Waals surface area contributed by atoms with E-state index >= 15 is 0 Å². The van der Waals surface area contributed by atoms with Gasteiger partial charge in [-0.2, -0.15) is 0 Å². The van der Waals surface area contributed by atoms with Gasteiger partial charge in [-0.15, -0.1) is 0 Å². The van der Waals surface area contributed by atoms with Crippen LogP contribution in [-0.2, 0) is 4.74 Å². The van der Waals surface area contributed by atoms with Crippen LogP contribution in [-0.4, -0.2) is 36.5 Å². The highest BCUT2D eigenvalue weighted by atomic mass is 16.5. The van der Waals surface area contributed by atoms with Crippen LogP contribution in [0.15, 0.2) is 0 Å². The second-order valence-electron chi connectivity index (χ2n) is 6.13. The Balaban J connectivity index is 1.78. The first-order valence-electron chi connectivity index (χ1n) is 7.77. The molecule has 0 radical (unpaired) electrons. The zero-order chi connectivity index (χ0) is 12.8. The van der Waals surface area contributed by atoms with Crippen molar-refractivity contribution in [3.63, 3.8) is 0 Å².